The molecule has 2 aliphatic carbocycles. The molecule has 6 nitrogen and oxygen atoms in total. The number of carboxylic acids is 1. The van der Waals surface area contributed by atoms with Gasteiger partial charge in [0.1, 0.15) is 0 Å². The molecule has 1 saturated carbocycles. The summed E-state index contributed by atoms with van der Waals surface area (Å²) in [5.74, 6) is -1.60. The van der Waals surface area contributed by atoms with Gasteiger partial charge in [-0.05, 0) is 48.9 Å². The Morgan fingerprint density at radius 1 is 0.964 bits per heavy atom. The molecule has 2 aromatic rings. The number of carboxylic acid groups (broad SMARTS) is 1. The Hall–Kier alpha value is -3.15. The SMILES string of the molecule is O=C(CC1(C(=O)O)Cc2ccccc2C1)Nc1ccccc1C(=O)NC1CC1. The highest BCUT2D eigenvalue weighted by molar-refractivity contribution is 6.04. The number of rotatable bonds is 6. The molecule has 0 radical (unpaired) electrons. The summed E-state index contributed by atoms with van der Waals surface area (Å²) in [4.78, 5) is 37.2. The number of fused-ring (bicyclic) bond motifs is 1. The van der Waals surface area contributed by atoms with Crippen molar-refractivity contribution in [2.24, 2.45) is 5.41 Å². The predicted molar refractivity (Wildman–Crippen MR) is 104 cm³/mol. The summed E-state index contributed by atoms with van der Waals surface area (Å²) in [5.41, 5.74) is 1.59. The highest BCUT2D eigenvalue weighted by Crippen LogP contribution is 2.40. The average molecular weight is 378 g/mol. The van der Waals surface area contributed by atoms with Crippen molar-refractivity contribution in [1.29, 1.82) is 0 Å². The molecule has 4 rings (SSSR count). The van der Waals surface area contributed by atoms with Crippen molar-refractivity contribution in [3.8, 4) is 0 Å². The third-order valence-corrected chi connectivity index (χ3v) is 5.49. The lowest BCUT2D eigenvalue weighted by molar-refractivity contribution is -0.150. The van der Waals surface area contributed by atoms with Crippen LogP contribution < -0.4 is 10.6 Å². The van der Waals surface area contributed by atoms with E-state index < -0.39 is 17.3 Å². The van der Waals surface area contributed by atoms with E-state index in [1.165, 1.54) is 0 Å². The molecular formula is C22H22N2O4. The van der Waals surface area contributed by atoms with Crippen molar-refractivity contribution >= 4 is 23.5 Å². The number of amides is 2. The number of carbonyl (C=O) groups excluding carboxylic acids is 2. The van der Waals surface area contributed by atoms with E-state index in [0.29, 0.717) is 24.1 Å². The second-order valence-corrected chi connectivity index (χ2v) is 7.73. The van der Waals surface area contributed by atoms with Crippen LogP contribution in [-0.2, 0) is 22.4 Å². The number of aliphatic carboxylic acids is 1. The van der Waals surface area contributed by atoms with Crippen molar-refractivity contribution in [1.82, 2.24) is 5.32 Å². The van der Waals surface area contributed by atoms with Gasteiger partial charge in [-0.15, -0.1) is 0 Å². The molecule has 2 amide bonds. The minimum absolute atomic E-state index is 0.143. The van der Waals surface area contributed by atoms with Gasteiger partial charge >= 0.3 is 5.97 Å². The fourth-order valence-corrected chi connectivity index (χ4v) is 3.83. The van der Waals surface area contributed by atoms with E-state index in [0.717, 1.165) is 24.0 Å². The van der Waals surface area contributed by atoms with Gasteiger partial charge in [0.2, 0.25) is 5.91 Å². The van der Waals surface area contributed by atoms with Crippen LogP contribution in [-0.4, -0.2) is 28.9 Å². The molecule has 1 fully saturated rings. The van der Waals surface area contributed by atoms with E-state index >= 15 is 0 Å². The Bertz CT molecular complexity index is 924. The predicted octanol–water partition coefficient (Wildman–Crippen LogP) is 2.78. The van der Waals surface area contributed by atoms with Gasteiger partial charge in [-0.3, -0.25) is 14.4 Å². The van der Waals surface area contributed by atoms with Gasteiger partial charge in [0.15, 0.2) is 0 Å². The number of para-hydroxylation sites is 1. The van der Waals surface area contributed by atoms with Crippen LogP contribution in [0.5, 0.6) is 0 Å². The zero-order valence-corrected chi connectivity index (χ0v) is 15.4. The first kappa shape index (κ1) is 18.2. The van der Waals surface area contributed by atoms with Crippen LogP contribution in [0.3, 0.4) is 0 Å². The molecule has 2 aliphatic rings. The van der Waals surface area contributed by atoms with E-state index in [-0.39, 0.29) is 18.4 Å². The van der Waals surface area contributed by atoms with Gasteiger partial charge in [0, 0.05) is 12.5 Å². The van der Waals surface area contributed by atoms with Crippen molar-refractivity contribution < 1.29 is 19.5 Å². The zero-order valence-electron chi connectivity index (χ0n) is 15.4. The Labute approximate surface area is 163 Å². The van der Waals surface area contributed by atoms with Crippen LogP contribution in [0, 0.1) is 5.41 Å². The highest BCUT2D eigenvalue weighted by atomic mass is 16.4. The number of hydrogen-bond donors (Lipinski definition) is 3. The second kappa shape index (κ2) is 7.11. The van der Waals surface area contributed by atoms with E-state index in [1.54, 1.807) is 24.3 Å². The third kappa shape index (κ3) is 3.63. The fourth-order valence-electron chi connectivity index (χ4n) is 3.83. The lowest BCUT2D eigenvalue weighted by atomic mass is 9.81. The summed E-state index contributed by atoms with van der Waals surface area (Å²) in [7, 11) is 0. The molecule has 0 atom stereocenters. The quantitative estimate of drug-likeness (QED) is 0.720. The Morgan fingerprint density at radius 2 is 1.57 bits per heavy atom. The minimum atomic E-state index is -1.15. The molecule has 2 aromatic carbocycles. The van der Waals surface area contributed by atoms with Crippen LogP contribution in [0.1, 0.15) is 40.7 Å². The van der Waals surface area contributed by atoms with Crippen LogP contribution in [0.25, 0.3) is 0 Å². The molecule has 0 heterocycles. The number of hydrogen-bond acceptors (Lipinski definition) is 3. The van der Waals surface area contributed by atoms with Crippen molar-refractivity contribution in [3.63, 3.8) is 0 Å². The molecule has 144 valence electrons. The van der Waals surface area contributed by atoms with Crippen molar-refractivity contribution in [2.45, 2.75) is 38.1 Å². The monoisotopic (exact) mass is 378 g/mol. The van der Waals surface area contributed by atoms with Gasteiger partial charge in [-0.25, -0.2) is 0 Å². The summed E-state index contributed by atoms with van der Waals surface area (Å²) >= 11 is 0. The lowest BCUT2D eigenvalue weighted by Crippen LogP contribution is -2.36. The van der Waals surface area contributed by atoms with Crippen LogP contribution in [0.15, 0.2) is 48.5 Å². The Morgan fingerprint density at radius 3 is 2.18 bits per heavy atom. The third-order valence-electron chi connectivity index (χ3n) is 5.49. The molecule has 0 bridgehead atoms. The maximum Gasteiger partial charge on any atom is 0.310 e. The maximum atomic E-state index is 12.7. The van der Waals surface area contributed by atoms with Crippen molar-refractivity contribution in [2.75, 3.05) is 5.32 Å². The fraction of sp³-hybridized carbons (Fsp3) is 0.318. The number of nitrogens with one attached hydrogen (secondary N) is 2. The molecule has 0 spiro atoms. The Balaban J connectivity index is 1.50. The molecule has 0 aliphatic heterocycles. The van der Waals surface area contributed by atoms with Gasteiger partial charge in [-0.2, -0.15) is 0 Å². The summed E-state index contributed by atoms with van der Waals surface area (Å²) in [5, 5.41) is 15.5. The van der Waals surface area contributed by atoms with Crippen molar-refractivity contribution in [3.05, 3.63) is 65.2 Å². The van der Waals surface area contributed by atoms with Gasteiger partial charge in [-0.1, -0.05) is 36.4 Å². The summed E-state index contributed by atoms with van der Waals surface area (Å²) in [6, 6.07) is 14.6. The number of carbonyl (C=O) groups is 3. The van der Waals surface area contributed by atoms with Crippen LogP contribution >= 0.6 is 0 Å². The second-order valence-electron chi connectivity index (χ2n) is 7.73. The first-order chi connectivity index (χ1) is 13.5. The largest absolute Gasteiger partial charge is 0.481 e. The molecule has 28 heavy (non-hydrogen) atoms. The van der Waals surface area contributed by atoms with Crippen LogP contribution in [0.4, 0.5) is 5.69 Å². The summed E-state index contributed by atoms with van der Waals surface area (Å²) in [6.45, 7) is 0. The molecule has 6 heteroatoms. The summed E-state index contributed by atoms with van der Waals surface area (Å²) < 4.78 is 0. The van der Waals surface area contributed by atoms with Gasteiger partial charge < -0.3 is 15.7 Å². The van der Waals surface area contributed by atoms with E-state index in [9.17, 15) is 19.5 Å². The lowest BCUT2D eigenvalue weighted by Gasteiger charge is -2.23. The molecule has 0 aromatic heterocycles. The maximum absolute atomic E-state index is 12.7. The summed E-state index contributed by atoms with van der Waals surface area (Å²) in [6.07, 6.45) is 2.46. The molecule has 3 N–H and O–H groups in total. The zero-order chi connectivity index (χ0) is 19.7. The standard InChI is InChI=1S/C22H22N2O4/c25-19(13-22(21(27)28)11-14-5-1-2-6-15(14)12-22)24-18-8-4-3-7-17(18)20(26)23-16-9-10-16/h1-8,16H,9-13H2,(H,23,26)(H,24,25)(H,27,28). The molecular weight excluding hydrogens is 356 g/mol. The normalized spacial score (nSPS) is 16.9. The molecule has 0 saturated heterocycles. The van der Waals surface area contributed by atoms with Gasteiger partial charge in [0.05, 0.1) is 16.7 Å². The van der Waals surface area contributed by atoms with Crippen LogP contribution in [0.2, 0.25) is 0 Å². The van der Waals surface area contributed by atoms with E-state index in [1.807, 2.05) is 24.3 Å². The number of anilines is 1. The minimum Gasteiger partial charge on any atom is -0.481 e. The van der Waals surface area contributed by atoms with E-state index in [4.69, 9.17) is 0 Å². The topological polar surface area (TPSA) is 95.5 Å². The first-order valence-electron chi connectivity index (χ1n) is 9.47. The van der Waals surface area contributed by atoms with E-state index in [2.05, 4.69) is 10.6 Å². The highest BCUT2D eigenvalue weighted by Gasteiger charge is 2.45. The van der Waals surface area contributed by atoms with Gasteiger partial charge in [0.25, 0.3) is 5.91 Å². The Kier molecular flexibility index (Phi) is 4.63. The average Bonchev–Trinajstić information content (AvgIpc) is 3.39. The number of benzene rings is 2. The molecule has 0 unspecified atom stereocenters. The first-order valence-corrected chi connectivity index (χ1v) is 9.47. The smallest absolute Gasteiger partial charge is 0.310 e.